The Bertz CT molecular complexity index is 283. The van der Waals surface area contributed by atoms with Crippen LogP contribution in [-0.4, -0.2) is 6.54 Å². The first kappa shape index (κ1) is 7.17. The molecule has 0 aliphatic carbocycles. The Kier molecular flexibility index (Phi) is 1.64. The van der Waals surface area contributed by atoms with Crippen molar-refractivity contribution in [2.45, 2.75) is 6.42 Å². The molecule has 0 aromatic heterocycles. The van der Waals surface area contributed by atoms with Crippen molar-refractivity contribution in [3.63, 3.8) is 0 Å². The van der Waals surface area contributed by atoms with E-state index < -0.39 is 0 Å². The van der Waals surface area contributed by atoms with E-state index in [2.05, 4.69) is 41.2 Å². The zero-order valence-electron chi connectivity index (χ0n) is 6.18. The number of fused-ring (bicyclic) bond motifs is 1. The van der Waals surface area contributed by atoms with Gasteiger partial charge >= 0.3 is 0 Å². The van der Waals surface area contributed by atoms with E-state index in [1.54, 1.807) is 0 Å². The molecule has 1 heterocycles. The first-order valence-electron chi connectivity index (χ1n) is 3.64. The van der Waals surface area contributed by atoms with E-state index in [0.29, 0.717) is 0 Å². The van der Waals surface area contributed by atoms with Crippen LogP contribution in [0.5, 0.6) is 0 Å². The van der Waals surface area contributed by atoms with Crippen molar-refractivity contribution in [2.75, 3.05) is 11.4 Å². The highest BCUT2D eigenvalue weighted by atomic mass is 79.9. The number of rotatable bonds is 0. The Morgan fingerprint density at radius 3 is 3.09 bits per heavy atom. The van der Waals surface area contributed by atoms with Crippen molar-refractivity contribution in [3.8, 4) is 0 Å². The van der Waals surface area contributed by atoms with Gasteiger partial charge in [-0.1, -0.05) is 15.9 Å². The summed E-state index contributed by atoms with van der Waals surface area (Å²) in [5.41, 5.74) is 2.67. The Morgan fingerprint density at radius 1 is 1.45 bits per heavy atom. The summed E-state index contributed by atoms with van der Waals surface area (Å²) in [5, 5.41) is 0. The summed E-state index contributed by atoms with van der Waals surface area (Å²) in [4.78, 5) is 2.04. The van der Waals surface area contributed by atoms with Crippen LogP contribution in [0.25, 0.3) is 0 Å². The maximum atomic E-state index is 3.93. The maximum Gasteiger partial charge on any atom is 0.0179 e. The van der Waals surface area contributed by atoms with Gasteiger partial charge in [0.1, 0.15) is 0 Å². The van der Waals surface area contributed by atoms with Gasteiger partial charge in [0, 0.05) is 10.2 Å². The summed E-state index contributed by atoms with van der Waals surface area (Å²) < 4.78 is 1.16. The van der Waals surface area contributed by atoms with Crippen molar-refractivity contribution >= 4 is 21.6 Å². The topological polar surface area (TPSA) is 3.24 Å². The van der Waals surface area contributed by atoms with E-state index in [4.69, 9.17) is 0 Å². The molecule has 2 heteroatoms. The van der Waals surface area contributed by atoms with Crippen LogP contribution < -0.4 is 4.90 Å². The summed E-state index contributed by atoms with van der Waals surface area (Å²) in [6.07, 6.45) is 1.12. The van der Waals surface area contributed by atoms with E-state index in [-0.39, 0.29) is 0 Å². The van der Waals surface area contributed by atoms with Crippen LogP contribution in [0.1, 0.15) is 5.56 Å². The Hall–Kier alpha value is -0.500. The van der Waals surface area contributed by atoms with Gasteiger partial charge < -0.3 is 4.90 Å². The van der Waals surface area contributed by atoms with Gasteiger partial charge in [0.2, 0.25) is 0 Å². The van der Waals surface area contributed by atoms with E-state index >= 15 is 0 Å². The lowest BCUT2D eigenvalue weighted by molar-refractivity contribution is 0.991. The smallest absolute Gasteiger partial charge is 0.0179 e. The van der Waals surface area contributed by atoms with Crippen molar-refractivity contribution in [3.05, 3.63) is 35.3 Å². The zero-order chi connectivity index (χ0) is 7.84. The van der Waals surface area contributed by atoms with E-state index in [0.717, 1.165) is 17.4 Å². The molecule has 2 rings (SSSR count). The average Bonchev–Trinajstić information content (AvgIpc) is 2.32. The fourth-order valence-electron chi connectivity index (χ4n) is 1.44. The van der Waals surface area contributed by atoms with Crippen molar-refractivity contribution in [1.82, 2.24) is 0 Å². The number of nitrogens with zero attached hydrogens (tertiary/aromatic N) is 1. The highest BCUT2D eigenvalue weighted by Gasteiger charge is 2.10. The van der Waals surface area contributed by atoms with E-state index in [9.17, 15) is 0 Å². The van der Waals surface area contributed by atoms with Crippen LogP contribution in [-0.2, 0) is 6.42 Å². The minimum absolute atomic E-state index is 1.05. The molecule has 0 amide bonds. The highest BCUT2D eigenvalue weighted by Crippen LogP contribution is 2.29. The Labute approximate surface area is 75.1 Å². The molecule has 0 N–H and O–H groups in total. The predicted molar refractivity (Wildman–Crippen MR) is 50.5 cm³/mol. The molecule has 58 valence electrons. The lowest BCUT2D eigenvalue weighted by Gasteiger charge is -2.20. The summed E-state index contributed by atoms with van der Waals surface area (Å²) in [6.45, 7) is 1.05. The van der Waals surface area contributed by atoms with Crippen LogP contribution in [0.3, 0.4) is 0 Å². The molecule has 1 aliphatic rings. The molecule has 0 atom stereocenters. The molecule has 0 bridgehead atoms. The molecule has 0 unspecified atom stereocenters. The number of hydrogen-bond acceptors (Lipinski definition) is 1. The first-order valence-corrected chi connectivity index (χ1v) is 4.43. The quantitative estimate of drug-likeness (QED) is 0.596. The molecule has 11 heavy (non-hydrogen) atoms. The number of hydrogen-bond donors (Lipinski definition) is 0. The second-order valence-electron chi connectivity index (χ2n) is 2.79. The molecular formula is C9H9BrN-. The van der Waals surface area contributed by atoms with Crippen molar-refractivity contribution in [1.29, 1.82) is 0 Å². The molecule has 0 fully saturated rings. The molecule has 0 radical (unpaired) electrons. The Balaban J connectivity index is 2.50. The molecule has 0 saturated heterocycles. The largest absolute Gasteiger partial charge is 0.525 e. The van der Waals surface area contributed by atoms with Crippen LogP contribution >= 0.6 is 15.9 Å². The van der Waals surface area contributed by atoms with Gasteiger partial charge in [0.15, 0.2) is 0 Å². The van der Waals surface area contributed by atoms with Gasteiger partial charge in [-0.05, 0) is 36.7 Å². The third-order valence-electron chi connectivity index (χ3n) is 2.03. The molecule has 1 aliphatic heterocycles. The molecular weight excluding hydrogens is 202 g/mol. The van der Waals surface area contributed by atoms with Gasteiger partial charge in [0.25, 0.3) is 0 Å². The minimum Gasteiger partial charge on any atom is -0.525 e. The number of benzene rings is 1. The maximum absolute atomic E-state index is 3.93. The fourth-order valence-corrected chi connectivity index (χ4v) is 1.85. The van der Waals surface area contributed by atoms with E-state index in [1.165, 1.54) is 11.3 Å². The highest BCUT2D eigenvalue weighted by molar-refractivity contribution is 9.10. The standard InChI is InChI=1S/C9H9BrN/c1-11-5-4-7-6-8(10)2-3-9(7)11/h2-3,6H,1,4-5H2/q-1. The predicted octanol–water partition coefficient (Wildman–Crippen LogP) is 2.60. The molecule has 1 aromatic carbocycles. The van der Waals surface area contributed by atoms with Crippen molar-refractivity contribution < 1.29 is 0 Å². The third-order valence-corrected chi connectivity index (χ3v) is 2.53. The zero-order valence-corrected chi connectivity index (χ0v) is 7.76. The van der Waals surface area contributed by atoms with Gasteiger partial charge in [-0.2, -0.15) is 0 Å². The second kappa shape index (κ2) is 2.52. The second-order valence-corrected chi connectivity index (χ2v) is 3.70. The van der Waals surface area contributed by atoms with Gasteiger partial charge in [-0.3, -0.25) is 7.05 Å². The lowest BCUT2D eigenvalue weighted by Crippen LogP contribution is -2.08. The summed E-state index contributed by atoms with van der Waals surface area (Å²) in [6, 6.07) is 6.34. The number of anilines is 1. The monoisotopic (exact) mass is 210 g/mol. The van der Waals surface area contributed by atoms with Crippen LogP contribution in [0.15, 0.2) is 22.7 Å². The van der Waals surface area contributed by atoms with Crippen molar-refractivity contribution in [2.24, 2.45) is 0 Å². The Morgan fingerprint density at radius 2 is 2.27 bits per heavy atom. The van der Waals surface area contributed by atoms with Gasteiger partial charge in [-0.25, -0.2) is 0 Å². The molecule has 0 saturated carbocycles. The lowest BCUT2D eigenvalue weighted by atomic mass is 10.2. The van der Waals surface area contributed by atoms with Crippen LogP contribution in [0, 0.1) is 7.05 Å². The summed E-state index contributed by atoms with van der Waals surface area (Å²) >= 11 is 3.45. The molecule has 0 spiro atoms. The van der Waals surface area contributed by atoms with Gasteiger partial charge in [0.05, 0.1) is 0 Å². The first-order chi connectivity index (χ1) is 5.27. The fraction of sp³-hybridized carbons (Fsp3) is 0.222. The van der Waals surface area contributed by atoms with Gasteiger partial charge in [-0.15, -0.1) is 0 Å². The van der Waals surface area contributed by atoms with Crippen LogP contribution in [0.2, 0.25) is 0 Å². The SMILES string of the molecule is [CH2-]N1CCc2cc(Br)ccc21. The summed E-state index contributed by atoms with van der Waals surface area (Å²) in [5.74, 6) is 0. The molecule has 1 nitrogen and oxygen atoms in total. The van der Waals surface area contributed by atoms with E-state index in [1.807, 2.05) is 4.90 Å². The normalized spacial score (nSPS) is 15.3. The third kappa shape index (κ3) is 1.16. The molecule has 1 aromatic rings. The minimum atomic E-state index is 1.05. The van der Waals surface area contributed by atoms with Crippen LogP contribution in [0.4, 0.5) is 5.69 Å². The summed E-state index contributed by atoms with van der Waals surface area (Å²) in [7, 11) is 3.93. The average molecular weight is 211 g/mol. The number of halogens is 1.